The number of aryl methyl sites for hydroxylation is 2. The number of nitrogens with one attached hydrogen (secondary N) is 1. The summed E-state index contributed by atoms with van der Waals surface area (Å²) in [5.41, 5.74) is 7.04. The minimum Gasteiger partial charge on any atom is -0.346 e. The van der Waals surface area contributed by atoms with Crippen LogP contribution < -0.4 is 5.32 Å². The van der Waals surface area contributed by atoms with E-state index in [1.54, 1.807) is 0 Å². The molecule has 3 aromatic rings. The fourth-order valence-electron chi connectivity index (χ4n) is 4.90. The van der Waals surface area contributed by atoms with Crippen LogP contribution in [-0.2, 0) is 13.0 Å². The Bertz CT molecular complexity index is 1050. The van der Waals surface area contributed by atoms with E-state index in [0.717, 1.165) is 31.1 Å². The highest BCUT2D eigenvalue weighted by molar-refractivity contribution is 5.94. The maximum absolute atomic E-state index is 12.8. The molecule has 3 nitrogen and oxygen atoms in total. The van der Waals surface area contributed by atoms with Gasteiger partial charge >= 0.3 is 0 Å². The van der Waals surface area contributed by atoms with Gasteiger partial charge in [0, 0.05) is 12.1 Å². The minimum atomic E-state index is -0.0192. The first-order valence-electron chi connectivity index (χ1n) is 12.2. The average molecular weight is 441 g/mol. The third-order valence-corrected chi connectivity index (χ3v) is 6.95. The smallest absolute Gasteiger partial charge is 0.251 e. The fraction of sp³-hybridized carbons (Fsp3) is 0.367. The molecule has 3 heteroatoms. The van der Waals surface area contributed by atoms with E-state index in [-0.39, 0.29) is 11.9 Å². The summed E-state index contributed by atoms with van der Waals surface area (Å²) in [6.45, 7) is 9.48. The zero-order valence-corrected chi connectivity index (χ0v) is 20.2. The molecule has 1 unspecified atom stereocenters. The van der Waals surface area contributed by atoms with E-state index in [4.69, 9.17) is 0 Å². The quantitative estimate of drug-likeness (QED) is 0.471. The topological polar surface area (TPSA) is 32.3 Å². The Morgan fingerprint density at radius 1 is 0.939 bits per heavy atom. The molecule has 0 bridgehead atoms. The van der Waals surface area contributed by atoms with Crippen molar-refractivity contribution < 1.29 is 4.79 Å². The Hall–Kier alpha value is -2.91. The van der Waals surface area contributed by atoms with Gasteiger partial charge in [-0.1, -0.05) is 66.2 Å². The summed E-state index contributed by atoms with van der Waals surface area (Å²) in [6, 6.07) is 25.3. The van der Waals surface area contributed by atoms with Gasteiger partial charge in [0.25, 0.3) is 5.91 Å². The van der Waals surface area contributed by atoms with Crippen LogP contribution in [0, 0.1) is 19.8 Å². The molecular formula is C30H36N2O. The maximum atomic E-state index is 12.8. The summed E-state index contributed by atoms with van der Waals surface area (Å²) in [5, 5.41) is 3.16. The van der Waals surface area contributed by atoms with Crippen molar-refractivity contribution in [1.29, 1.82) is 0 Å². The van der Waals surface area contributed by atoms with Gasteiger partial charge in [0.05, 0.1) is 6.04 Å². The number of carbonyl (C=O) groups is 1. The summed E-state index contributed by atoms with van der Waals surface area (Å²) in [7, 11) is 0. The van der Waals surface area contributed by atoms with Crippen LogP contribution in [0.2, 0.25) is 0 Å². The maximum Gasteiger partial charge on any atom is 0.251 e. The third kappa shape index (κ3) is 6.33. The number of carbonyl (C=O) groups excluding carboxylic acids is 1. The molecule has 0 aliphatic carbocycles. The van der Waals surface area contributed by atoms with Crippen molar-refractivity contribution in [3.05, 3.63) is 106 Å². The van der Waals surface area contributed by atoms with Crippen molar-refractivity contribution in [3.63, 3.8) is 0 Å². The minimum absolute atomic E-state index is 0.0170. The van der Waals surface area contributed by atoms with E-state index in [2.05, 4.69) is 91.7 Å². The lowest BCUT2D eigenvalue weighted by Crippen LogP contribution is -2.33. The molecule has 33 heavy (non-hydrogen) atoms. The van der Waals surface area contributed by atoms with E-state index in [1.165, 1.54) is 47.1 Å². The molecule has 1 saturated heterocycles. The van der Waals surface area contributed by atoms with Gasteiger partial charge in [0.15, 0.2) is 0 Å². The largest absolute Gasteiger partial charge is 0.346 e. The SMILES string of the molecule is Cc1ccc(C)c(C(C)NC(=O)c2ccc(CN3CCC(Cc4ccccc4)CC3)cc2)c1. The van der Waals surface area contributed by atoms with Crippen molar-refractivity contribution in [2.75, 3.05) is 13.1 Å². The molecule has 1 amide bonds. The Labute approximate surface area is 198 Å². The average Bonchev–Trinajstić information content (AvgIpc) is 2.83. The second kappa shape index (κ2) is 10.8. The Balaban J connectivity index is 1.27. The van der Waals surface area contributed by atoms with Gasteiger partial charge in [0.1, 0.15) is 0 Å². The zero-order valence-electron chi connectivity index (χ0n) is 20.2. The number of likely N-dealkylation sites (tertiary alicyclic amines) is 1. The van der Waals surface area contributed by atoms with E-state index >= 15 is 0 Å². The van der Waals surface area contributed by atoms with Crippen molar-refractivity contribution in [1.82, 2.24) is 10.2 Å². The molecule has 1 aliphatic rings. The molecule has 1 N–H and O–H groups in total. The summed E-state index contributed by atoms with van der Waals surface area (Å²) >= 11 is 0. The predicted molar refractivity (Wildman–Crippen MR) is 136 cm³/mol. The Morgan fingerprint density at radius 2 is 1.64 bits per heavy atom. The highest BCUT2D eigenvalue weighted by Crippen LogP contribution is 2.23. The Kier molecular flexibility index (Phi) is 7.61. The summed E-state index contributed by atoms with van der Waals surface area (Å²) in [5.74, 6) is 0.769. The molecule has 3 aromatic carbocycles. The van der Waals surface area contributed by atoms with Crippen LogP contribution in [0.1, 0.15) is 64.0 Å². The normalized spacial score (nSPS) is 15.8. The fourth-order valence-corrected chi connectivity index (χ4v) is 4.90. The molecule has 1 atom stereocenters. The van der Waals surface area contributed by atoms with Crippen LogP contribution in [-0.4, -0.2) is 23.9 Å². The lowest BCUT2D eigenvalue weighted by atomic mass is 9.90. The van der Waals surface area contributed by atoms with Gasteiger partial charge in [-0.3, -0.25) is 9.69 Å². The number of benzene rings is 3. The molecule has 1 fully saturated rings. The number of hydrogen-bond acceptors (Lipinski definition) is 2. The molecule has 0 radical (unpaired) electrons. The standard InChI is InChI=1S/C30H36N2O/c1-22-9-10-23(2)29(19-22)24(3)31-30(33)28-13-11-27(12-14-28)21-32-17-15-26(16-18-32)20-25-7-5-4-6-8-25/h4-14,19,24,26H,15-18,20-21H2,1-3H3,(H,31,33). The third-order valence-electron chi connectivity index (χ3n) is 6.95. The second-order valence-electron chi connectivity index (χ2n) is 9.66. The Morgan fingerprint density at radius 3 is 2.33 bits per heavy atom. The summed E-state index contributed by atoms with van der Waals surface area (Å²) < 4.78 is 0. The highest BCUT2D eigenvalue weighted by Gasteiger charge is 2.20. The number of amides is 1. The number of nitrogens with zero attached hydrogens (tertiary/aromatic N) is 1. The van der Waals surface area contributed by atoms with Crippen molar-refractivity contribution in [3.8, 4) is 0 Å². The van der Waals surface area contributed by atoms with Gasteiger partial charge in [0.2, 0.25) is 0 Å². The van der Waals surface area contributed by atoms with Crippen LogP contribution in [0.25, 0.3) is 0 Å². The lowest BCUT2D eigenvalue weighted by Gasteiger charge is -2.32. The first kappa shape index (κ1) is 23.3. The monoisotopic (exact) mass is 440 g/mol. The van der Waals surface area contributed by atoms with Crippen LogP contribution in [0.4, 0.5) is 0 Å². The van der Waals surface area contributed by atoms with Gasteiger partial charge in [-0.05, 0) is 93.4 Å². The van der Waals surface area contributed by atoms with Gasteiger partial charge < -0.3 is 5.32 Å². The van der Waals surface area contributed by atoms with E-state index in [0.29, 0.717) is 0 Å². The van der Waals surface area contributed by atoms with Crippen LogP contribution in [0.15, 0.2) is 72.8 Å². The van der Waals surface area contributed by atoms with Gasteiger partial charge in [-0.15, -0.1) is 0 Å². The first-order chi connectivity index (χ1) is 16.0. The van der Waals surface area contributed by atoms with Crippen LogP contribution in [0.3, 0.4) is 0 Å². The molecule has 4 rings (SSSR count). The first-order valence-corrected chi connectivity index (χ1v) is 12.2. The zero-order chi connectivity index (χ0) is 23.2. The predicted octanol–water partition coefficient (Wildman–Crippen LogP) is 6.25. The molecule has 1 heterocycles. The summed E-state index contributed by atoms with van der Waals surface area (Å²) in [6.07, 6.45) is 3.70. The highest BCUT2D eigenvalue weighted by atomic mass is 16.1. The van der Waals surface area contributed by atoms with Crippen LogP contribution >= 0.6 is 0 Å². The van der Waals surface area contributed by atoms with E-state index in [9.17, 15) is 4.79 Å². The second-order valence-corrected chi connectivity index (χ2v) is 9.66. The molecule has 172 valence electrons. The van der Waals surface area contributed by atoms with E-state index in [1.807, 2.05) is 12.1 Å². The van der Waals surface area contributed by atoms with Gasteiger partial charge in [-0.25, -0.2) is 0 Å². The number of hydrogen-bond donors (Lipinski definition) is 1. The van der Waals surface area contributed by atoms with Gasteiger partial charge in [-0.2, -0.15) is 0 Å². The number of piperidine rings is 1. The van der Waals surface area contributed by atoms with Crippen molar-refractivity contribution in [2.45, 2.75) is 52.6 Å². The molecule has 1 aliphatic heterocycles. The van der Waals surface area contributed by atoms with Crippen molar-refractivity contribution in [2.24, 2.45) is 5.92 Å². The summed E-state index contributed by atoms with van der Waals surface area (Å²) in [4.78, 5) is 15.3. The molecule has 0 spiro atoms. The van der Waals surface area contributed by atoms with Crippen LogP contribution in [0.5, 0.6) is 0 Å². The lowest BCUT2D eigenvalue weighted by molar-refractivity contribution is 0.0939. The number of rotatable bonds is 7. The molecule has 0 aromatic heterocycles. The van der Waals surface area contributed by atoms with E-state index < -0.39 is 0 Å². The van der Waals surface area contributed by atoms with Crippen molar-refractivity contribution >= 4 is 5.91 Å². The molecule has 0 saturated carbocycles. The molecular weight excluding hydrogens is 404 g/mol.